The van der Waals surface area contributed by atoms with Crippen molar-refractivity contribution < 1.29 is 4.74 Å². The van der Waals surface area contributed by atoms with Gasteiger partial charge in [-0.05, 0) is 51.9 Å². The third kappa shape index (κ3) is 5.61. The summed E-state index contributed by atoms with van der Waals surface area (Å²) in [5.41, 5.74) is 2.63. The number of aromatic nitrogens is 1. The number of nitrogens with one attached hydrogen (secondary N) is 3. The van der Waals surface area contributed by atoms with Gasteiger partial charge in [0.15, 0.2) is 5.96 Å². The summed E-state index contributed by atoms with van der Waals surface area (Å²) in [6.07, 6.45) is 5.12. The lowest BCUT2D eigenvalue weighted by Gasteiger charge is -2.41. The van der Waals surface area contributed by atoms with Crippen molar-refractivity contribution in [3.05, 3.63) is 36.0 Å². The minimum absolute atomic E-state index is 0. The van der Waals surface area contributed by atoms with Gasteiger partial charge in [-0.2, -0.15) is 0 Å². The van der Waals surface area contributed by atoms with Gasteiger partial charge in [-0.1, -0.05) is 18.2 Å². The highest BCUT2D eigenvalue weighted by molar-refractivity contribution is 14.0. The van der Waals surface area contributed by atoms with Gasteiger partial charge in [0.25, 0.3) is 0 Å². The van der Waals surface area contributed by atoms with Crippen LogP contribution in [0.4, 0.5) is 0 Å². The van der Waals surface area contributed by atoms with E-state index >= 15 is 0 Å². The number of fused-ring (bicyclic) bond motifs is 1. The Balaban J connectivity index is 0.00000280. The molecule has 0 radical (unpaired) electrons. The van der Waals surface area contributed by atoms with Crippen molar-refractivity contribution in [2.24, 2.45) is 4.99 Å². The first-order valence-corrected chi connectivity index (χ1v) is 9.97. The summed E-state index contributed by atoms with van der Waals surface area (Å²) < 4.78 is 5.56. The van der Waals surface area contributed by atoms with E-state index in [9.17, 15) is 0 Å². The topological polar surface area (TPSA) is 64.7 Å². The van der Waals surface area contributed by atoms with Gasteiger partial charge in [-0.3, -0.25) is 4.99 Å². The molecule has 28 heavy (non-hydrogen) atoms. The van der Waals surface area contributed by atoms with Crippen LogP contribution in [0.25, 0.3) is 10.9 Å². The van der Waals surface area contributed by atoms with Crippen LogP contribution in [0.15, 0.2) is 35.5 Å². The quantitative estimate of drug-likeness (QED) is 0.312. The molecule has 1 fully saturated rings. The van der Waals surface area contributed by atoms with Crippen LogP contribution in [0, 0.1) is 0 Å². The smallest absolute Gasteiger partial charge is 0.191 e. The van der Waals surface area contributed by atoms with E-state index in [1.54, 1.807) is 0 Å². The van der Waals surface area contributed by atoms with Crippen LogP contribution in [0.2, 0.25) is 0 Å². The number of aromatic amines is 1. The predicted molar refractivity (Wildman–Crippen MR) is 128 cm³/mol. The first-order valence-electron chi connectivity index (χ1n) is 9.97. The number of ether oxygens (including phenoxy) is 1. The molecule has 1 aromatic carbocycles. The Kier molecular flexibility index (Phi) is 9.04. The Hall–Kier alpha value is -1.32. The summed E-state index contributed by atoms with van der Waals surface area (Å²) >= 11 is 0. The number of rotatable bonds is 7. The Morgan fingerprint density at radius 2 is 1.96 bits per heavy atom. The van der Waals surface area contributed by atoms with Gasteiger partial charge in [0.1, 0.15) is 0 Å². The molecule has 0 aliphatic carbocycles. The van der Waals surface area contributed by atoms with E-state index in [4.69, 9.17) is 9.73 Å². The van der Waals surface area contributed by atoms with Gasteiger partial charge < -0.3 is 25.3 Å². The van der Waals surface area contributed by atoms with Crippen molar-refractivity contribution in [1.82, 2.24) is 20.5 Å². The summed E-state index contributed by atoms with van der Waals surface area (Å²) in [6.45, 7) is 6.23. The van der Waals surface area contributed by atoms with Crippen molar-refractivity contribution in [2.75, 3.05) is 46.9 Å². The summed E-state index contributed by atoms with van der Waals surface area (Å²) in [7, 11) is 4.30. The molecule has 0 unspecified atom stereocenters. The Labute approximate surface area is 185 Å². The van der Waals surface area contributed by atoms with Gasteiger partial charge >= 0.3 is 0 Å². The molecule has 1 aliphatic heterocycles. The number of hydrogen-bond acceptors (Lipinski definition) is 3. The molecule has 156 valence electrons. The maximum absolute atomic E-state index is 5.56. The zero-order chi connectivity index (χ0) is 19.1. The molecule has 0 saturated carbocycles. The minimum Gasteiger partial charge on any atom is -0.381 e. The number of aliphatic imine (C=N–C) groups is 1. The molecule has 3 rings (SSSR count). The standard InChI is InChI=1S/C21H33N5O.HI/c1-4-22-20(25-16-21(26(2)3)10-13-27-14-11-21)23-12-9-17-15-24-19-8-6-5-7-18(17)19;/h5-8,15,24H,4,9-14,16H2,1-3H3,(H2,22,23,25);1H. The molecular weight excluding hydrogens is 465 g/mol. The molecule has 6 nitrogen and oxygen atoms in total. The van der Waals surface area contributed by atoms with Crippen molar-refractivity contribution >= 4 is 40.8 Å². The number of guanidine groups is 1. The lowest BCUT2D eigenvalue weighted by Crippen LogP contribution is -2.51. The highest BCUT2D eigenvalue weighted by Gasteiger charge is 2.34. The molecule has 3 N–H and O–H groups in total. The molecule has 1 saturated heterocycles. The number of H-pyrrole nitrogens is 1. The largest absolute Gasteiger partial charge is 0.381 e. The van der Waals surface area contributed by atoms with E-state index in [0.717, 1.165) is 58.1 Å². The van der Waals surface area contributed by atoms with Crippen LogP contribution in [-0.2, 0) is 11.2 Å². The molecule has 1 aliphatic rings. The van der Waals surface area contributed by atoms with E-state index in [1.165, 1.54) is 16.5 Å². The predicted octanol–water partition coefficient (Wildman–Crippen LogP) is 2.99. The van der Waals surface area contributed by atoms with Crippen LogP contribution in [0.5, 0.6) is 0 Å². The fourth-order valence-electron chi connectivity index (χ4n) is 3.72. The first-order chi connectivity index (χ1) is 13.1. The Bertz CT molecular complexity index is 752. The fourth-order valence-corrected chi connectivity index (χ4v) is 3.72. The van der Waals surface area contributed by atoms with Gasteiger partial charge in [-0.25, -0.2) is 0 Å². The van der Waals surface area contributed by atoms with Crippen LogP contribution in [0.3, 0.4) is 0 Å². The number of nitrogens with zero attached hydrogens (tertiary/aromatic N) is 2. The van der Waals surface area contributed by atoms with Crippen LogP contribution >= 0.6 is 24.0 Å². The number of benzene rings is 1. The van der Waals surface area contributed by atoms with Gasteiger partial charge in [0.2, 0.25) is 0 Å². The molecule has 0 atom stereocenters. The summed E-state index contributed by atoms with van der Waals surface area (Å²) in [5.74, 6) is 0.894. The van der Waals surface area contributed by atoms with E-state index in [2.05, 4.69) is 72.0 Å². The van der Waals surface area contributed by atoms with Crippen LogP contribution < -0.4 is 10.6 Å². The number of likely N-dealkylation sites (N-methyl/N-ethyl adjacent to an activating group) is 1. The second kappa shape index (κ2) is 11.0. The summed E-state index contributed by atoms with van der Waals surface area (Å²) in [4.78, 5) is 10.6. The fraction of sp³-hybridized carbons (Fsp3) is 0.571. The number of hydrogen-bond donors (Lipinski definition) is 3. The van der Waals surface area contributed by atoms with Crippen molar-refractivity contribution in [1.29, 1.82) is 0 Å². The first kappa shape index (κ1) is 23.0. The Morgan fingerprint density at radius 1 is 1.21 bits per heavy atom. The second-order valence-electron chi connectivity index (χ2n) is 7.46. The lowest BCUT2D eigenvalue weighted by atomic mass is 9.89. The molecule has 2 aromatic rings. The third-order valence-electron chi connectivity index (χ3n) is 5.61. The SMILES string of the molecule is CCNC(=NCC1(N(C)C)CCOCC1)NCCc1c[nH]c2ccccc12.I. The normalized spacial score (nSPS) is 16.8. The molecule has 7 heteroatoms. The lowest BCUT2D eigenvalue weighted by molar-refractivity contribution is -0.00254. The van der Waals surface area contributed by atoms with E-state index in [0.29, 0.717) is 0 Å². The van der Waals surface area contributed by atoms with E-state index in [1.807, 2.05) is 0 Å². The van der Waals surface area contributed by atoms with Crippen molar-refractivity contribution in [3.63, 3.8) is 0 Å². The average molecular weight is 499 g/mol. The maximum Gasteiger partial charge on any atom is 0.191 e. The van der Waals surface area contributed by atoms with Crippen molar-refractivity contribution in [3.8, 4) is 0 Å². The second-order valence-corrected chi connectivity index (χ2v) is 7.46. The molecule has 2 heterocycles. The highest BCUT2D eigenvalue weighted by atomic mass is 127. The molecule has 0 spiro atoms. The zero-order valence-corrected chi connectivity index (χ0v) is 19.6. The molecule has 1 aromatic heterocycles. The minimum atomic E-state index is 0. The highest BCUT2D eigenvalue weighted by Crippen LogP contribution is 2.26. The molecular formula is C21H34IN5O. The summed E-state index contributed by atoms with van der Waals surface area (Å²) in [5, 5.41) is 8.17. The zero-order valence-electron chi connectivity index (χ0n) is 17.3. The maximum atomic E-state index is 5.56. The van der Waals surface area contributed by atoms with Gasteiger partial charge in [0, 0.05) is 48.9 Å². The molecule has 0 bridgehead atoms. The monoisotopic (exact) mass is 499 g/mol. The number of halogens is 1. The van der Waals surface area contributed by atoms with Crippen molar-refractivity contribution in [2.45, 2.75) is 31.7 Å². The van der Waals surface area contributed by atoms with Gasteiger partial charge in [-0.15, -0.1) is 24.0 Å². The van der Waals surface area contributed by atoms with Crippen LogP contribution in [-0.4, -0.2) is 68.3 Å². The summed E-state index contributed by atoms with van der Waals surface area (Å²) in [6, 6.07) is 8.44. The Morgan fingerprint density at radius 3 is 2.68 bits per heavy atom. The number of para-hydroxylation sites is 1. The van der Waals surface area contributed by atoms with Gasteiger partial charge in [0.05, 0.1) is 6.54 Å². The molecule has 0 amide bonds. The van der Waals surface area contributed by atoms with E-state index < -0.39 is 0 Å². The third-order valence-corrected chi connectivity index (χ3v) is 5.61. The average Bonchev–Trinajstić information content (AvgIpc) is 3.10. The van der Waals surface area contributed by atoms with E-state index in [-0.39, 0.29) is 29.5 Å². The van der Waals surface area contributed by atoms with Crippen LogP contribution in [0.1, 0.15) is 25.3 Å².